The maximum absolute atomic E-state index is 12.9. The molecule has 1 saturated heterocycles. The molecule has 0 unspecified atom stereocenters. The summed E-state index contributed by atoms with van der Waals surface area (Å²) in [5.41, 5.74) is -0.472. The third kappa shape index (κ3) is 5.14. The summed E-state index contributed by atoms with van der Waals surface area (Å²) < 4.78 is 40.2. The number of carbonyl (C=O) groups is 1. The predicted molar refractivity (Wildman–Crippen MR) is 104 cm³/mol. The lowest BCUT2D eigenvalue weighted by molar-refractivity contribution is -0.137. The van der Waals surface area contributed by atoms with E-state index >= 15 is 0 Å². The van der Waals surface area contributed by atoms with Crippen LogP contribution in [0.3, 0.4) is 0 Å². The minimum atomic E-state index is -4.38. The van der Waals surface area contributed by atoms with Crippen molar-refractivity contribution < 1.29 is 18.0 Å². The fourth-order valence-electron chi connectivity index (χ4n) is 3.14. The molecule has 3 rings (SSSR count). The van der Waals surface area contributed by atoms with Gasteiger partial charge < -0.3 is 9.80 Å². The number of carbonyl (C=O) groups excluding carboxylic acids is 1. The number of hydrogen-bond donors (Lipinski definition) is 1. The van der Waals surface area contributed by atoms with Gasteiger partial charge in [0.05, 0.1) is 11.3 Å². The third-order valence-electron chi connectivity index (χ3n) is 4.67. The summed E-state index contributed by atoms with van der Waals surface area (Å²) in [6.45, 7) is 4.25. The lowest BCUT2D eigenvalue weighted by atomic mass is 10.1. The van der Waals surface area contributed by atoms with Gasteiger partial charge in [-0.3, -0.25) is 9.36 Å². The summed E-state index contributed by atoms with van der Waals surface area (Å²) in [5.74, 6) is 0.0644. The van der Waals surface area contributed by atoms with E-state index in [1.165, 1.54) is 22.4 Å². The van der Waals surface area contributed by atoms with E-state index in [2.05, 4.69) is 10.2 Å². The molecule has 1 aliphatic heterocycles. The van der Waals surface area contributed by atoms with Crippen molar-refractivity contribution in [2.24, 2.45) is 0 Å². The first-order chi connectivity index (χ1) is 13.8. The smallest absolute Gasteiger partial charge is 0.368 e. The average molecular weight is 429 g/mol. The van der Waals surface area contributed by atoms with Crippen molar-refractivity contribution >= 4 is 23.4 Å². The summed E-state index contributed by atoms with van der Waals surface area (Å²) in [6.07, 6.45) is -3.60. The van der Waals surface area contributed by atoms with Gasteiger partial charge in [-0.25, -0.2) is 9.89 Å². The molecule has 0 bridgehead atoms. The van der Waals surface area contributed by atoms with Gasteiger partial charge in [0.15, 0.2) is 5.16 Å². The maximum atomic E-state index is 12.9. The van der Waals surface area contributed by atoms with Crippen LogP contribution in [0.25, 0.3) is 0 Å². The molecule has 7 nitrogen and oxygen atoms in total. The van der Waals surface area contributed by atoms with Gasteiger partial charge in [-0.2, -0.15) is 13.2 Å². The van der Waals surface area contributed by atoms with E-state index in [-0.39, 0.29) is 17.3 Å². The van der Waals surface area contributed by atoms with Gasteiger partial charge in [0, 0.05) is 38.4 Å². The topological polar surface area (TPSA) is 74.2 Å². The van der Waals surface area contributed by atoms with Crippen molar-refractivity contribution in [3.63, 3.8) is 0 Å². The Kier molecular flexibility index (Phi) is 6.56. The molecule has 1 amide bonds. The molecule has 0 radical (unpaired) electrons. The molecule has 0 saturated carbocycles. The van der Waals surface area contributed by atoms with Gasteiger partial charge in [0.1, 0.15) is 0 Å². The monoisotopic (exact) mass is 429 g/mol. The van der Waals surface area contributed by atoms with Gasteiger partial charge in [-0.05, 0) is 24.6 Å². The molecule has 11 heteroatoms. The second-order valence-corrected chi connectivity index (χ2v) is 7.61. The normalized spacial score (nSPS) is 15.0. The van der Waals surface area contributed by atoms with Crippen molar-refractivity contribution in [1.29, 1.82) is 0 Å². The van der Waals surface area contributed by atoms with E-state index in [9.17, 15) is 22.8 Å². The van der Waals surface area contributed by atoms with Crippen molar-refractivity contribution in [2.45, 2.75) is 31.2 Å². The predicted octanol–water partition coefficient (Wildman–Crippen LogP) is 2.44. The number of hydrogen-bond acceptors (Lipinski definition) is 5. The summed E-state index contributed by atoms with van der Waals surface area (Å²) >= 11 is 1.20. The first-order valence-corrected chi connectivity index (χ1v) is 10.3. The van der Waals surface area contributed by atoms with Crippen LogP contribution in [0, 0.1) is 0 Å². The van der Waals surface area contributed by atoms with Crippen LogP contribution < -0.4 is 10.6 Å². The number of nitrogens with zero attached hydrogens (tertiary/aromatic N) is 4. The fourth-order valence-corrected chi connectivity index (χ4v) is 4.02. The standard InChI is InChI=1S/C18H22F3N5O2S/c1-2-6-26-16(28)22-23-17(26)29-12-15(27)25-9-7-24(8-10-25)14-5-3-4-13(11-14)18(19,20)21/h3-5,11H,2,6-10,12H2,1H3,(H,22,28). The summed E-state index contributed by atoms with van der Waals surface area (Å²) in [4.78, 5) is 27.7. The van der Waals surface area contributed by atoms with E-state index in [0.29, 0.717) is 43.6 Å². The second kappa shape index (κ2) is 8.93. The number of alkyl halides is 3. The number of rotatable bonds is 6. The molecular formula is C18H22F3N5O2S. The lowest BCUT2D eigenvalue weighted by Gasteiger charge is -2.36. The van der Waals surface area contributed by atoms with Crippen LogP contribution in [-0.2, 0) is 17.5 Å². The van der Waals surface area contributed by atoms with Crippen molar-refractivity contribution in [3.8, 4) is 0 Å². The number of piperazine rings is 1. The number of anilines is 1. The molecule has 1 aromatic heterocycles. The number of nitrogens with one attached hydrogen (secondary N) is 1. The Hall–Kier alpha value is -2.43. The van der Waals surface area contributed by atoms with Crippen LogP contribution in [-0.4, -0.2) is 57.5 Å². The Morgan fingerprint density at radius 2 is 1.97 bits per heavy atom. The number of H-pyrrole nitrogens is 1. The molecule has 1 N–H and O–H groups in total. The van der Waals surface area contributed by atoms with Crippen LogP contribution in [0.4, 0.5) is 18.9 Å². The van der Waals surface area contributed by atoms with E-state index in [1.807, 2.05) is 11.8 Å². The number of halogens is 3. The molecule has 0 spiro atoms. The molecule has 2 aromatic rings. The first kappa shape index (κ1) is 21.3. The summed E-state index contributed by atoms with van der Waals surface area (Å²) in [5, 5.41) is 6.82. The van der Waals surface area contributed by atoms with Gasteiger partial charge in [0.2, 0.25) is 5.91 Å². The van der Waals surface area contributed by atoms with Gasteiger partial charge >= 0.3 is 11.9 Å². The molecule has 0 aliphatic carbocycles. The average Bonchev–Trinajstić information content (AvgIpc) is 3.06. The maximum Gasteiger partial charge on any atom is 0.416 e. The largest absolute Gasteiger partial charge is 0.416 e. The molecule has 29 heavy (non-hydrogen) atoms. The zero-order valence-corrected chi connectivity index (χ0v) is 16.7. The van der Waals surface area contributed by atoms with Gasteiger partial charge in [-0.1, -0.05) is 24.8 Å². The first-order valence-electron chi connectivity index (χ1n) is 9.27. The van der Waals surface area contributed by atoms with Crippen molar-refractivity contribution in [2.75, 3.05) is 36.8 Å². The molecule has 1 aromatic carbocycles. The molecule has 0 atom stereocenters. The molecule has 158 valence electrons. The SMILES string of the molecule is CCCn1c(SCC(=O)N2CCN(c3cccc(C(F)(F)F)c3)CC2)n[nH]c1=O. The van der Waals surface area contributed by atoms with Crippen LogP contribution >= 0.6 is 11.8 Å². The highest BCUT2D eigenvalue weighted by Gasteiger charge is 2.31. The summed E-state index contributed by atoms with van der Waals surface area (Å²) in [7, 11) is 0. The van der Waals surface area contributed by atoms with Gasteiger partial charge in [0.25, 0.3) is 0 Å². The zero-order chi connectivity index (χ0) is 21.0. The number of aromatic amines is 1. The number of amides is 1. The van der Waals surface area contributed by atoms with E-state index in [1.54, 1.807) is 11.0 Å². The minimum absolute atomic E-state index is 0.0859. The second-order valence-electron chi connectivity index (χ2n) is 6.67. The molecular weight excluding hydrogens is 407 g/mol. The number of thioether (sulfide) groups is 1. The Morgan fingerprint density at radius 3 is 2.62 bits per heavy atom. The Labute approximate surface area is 169 Å². The Balaban J connectivity index is 1.54. The quantitative estimate of drug-likeness (QED) is 0.714. The highest BCUT2D eigenvalue weighted by atomic mass is 32.2. The minimum Gasteiger partial charge on any atom is -0.368 e. The lowest BCUT2D eigenvalue weighted by Crippen LogP contribution is -2.49. The van der Waals surface area contributed by atoms with E-state index < -0.39 is 11.7 Å². The highest BCUT2D eigenvalue weighted by molar-refractivity contribution is 7.99. The number of aromatic nitrogens is 3. The molecule has 2 heterocycles. The van der Waals surface area contributed by atoms with E-state index in [4.69, 9.17) is 0 Å². The zero-order valence-electron chi connectivity index (χ0n) is 15.9. The van der Waals surface area contributed by atoms with Crippen molar-refractivity contribution in [3.05, 3.63) is 40.3 Å². The Morgan fingerprint density at radius 1 is 1.24 bits per heavy atom. The van der Waals surface area contributed by atoms with Crippen molar-refractivity contribution in [1.82, 2.24) is 19.7 Å². The summed E-state index contributed by atoms with van der Waals surface area (Å²) in [6, 6.07) is 5.23. The van der Waals surface area contributed by atoms with E-state index in [0.717, 1.165) is 18.6 Å². The highest BCUT2D eigenvalue weighted by Crippen LogP contribution is 2.31. The van der Waals surface area contributed by atoms with Crippen LogP contribution in [0.5, 0.6) is 0 Å². The van der Waals surface area contributed by atoms with Crippen LogP contribution in [0.1, 0.15) is 18.9 Å². The van der Waals surface area contributed by atoms with Gasteiger partial charge in [-0.15, -0.1) is 5.10 Å². The van der Waals surface area contributed by atoms with Crippen LogP contribution in [0.15, 0.2) is 34.2 Å². The number of benzene rings is 1. The Bertz CT molecular complexity index is 903. The van der Waals surface area contributed by atoms with Crippen LogP contribution in [0.2, 0.25) is 0 Å². The fraction of sp³-hybridized carbons (Fsp3) is 0.500. The molecule has 1 fully saturated rings. The third-order valence-corrected chi connectivity index (χ3v) is 5.63. The molecule has 1 aliphatic rings.